The van der Waals surface area contributed by atoms with E-state index in [-0.39, 0.29) is 5.41 Å². The molecule has 1 aromatic heterocycles. The van der Waals surface area contributed by atoms with Gasteiger partial charge in [0.05, 0.1) is 12.1 Å². The van der Waals surface area contributed by atoms with E-state index in [4.69, 9.17) is 4.99 Å². The Bertz CT molecular complexity index is 444. The van der Waals surface area contributed by atoms with Gasteiger partial charge in [-0.1, -0.05) is 52.4 Å². The molecule has 0 fully saturated rings. The Kier molecular flexibility index (Phi) is 5.19. The average Bonchev–Trinajstić information content (AvgIpc) is 2.88. The molecule has 2 nitrogen and oxygen atoms in total. The van der Waals surface area contributed by atoms with Crippen LogP contribution < -0.4 is 5.32 Å². The van der Waals surface area contributed by atoms with E-state index in [1.54, 1.807) is 0 Å². The number of hydrogen-bond donors (Lipinski definition) is 1. The molecule has 0 aromatic carbocycles. The molecule has 0 spiro atoms. The Labute approximate surface area is 131 Å². The molecule has 1 aliphatic heterocycles. The maximum Gasteiger partial charge on any atom is 0.157 e. The molecule has 1 N–H and O–H groups in total. The zero-order valence-electron chi connectivity index (χ0n) is 13.1. The summed E-state index contributed by atoms with van der Waals surface area (Å²) < 4.78 is 0. The first-order valence-corrected chi connectivity index (χ1v) is 9.25. The van der Waals surface area contributed by atoms with Crippen LogP contribution in [-0.4, -0.2) is 17.0 Å². The highest BCUT2D eigenvalue weighted by molar-refractivity contribution is 8.13. The lowest BCUT2D eigenvalue weighted by Gasteiger charge is -2.32. The Morgan fingerprint density at radius 1 is 1.35 bits per heavy atom. The first-order chi connectivity index (χ1) is 9.38. The summed E-state index contributed by atoms with van der Waals surface area (Å²) in [5.74, 6) is 1.73. The second kappa shape index (κ2) is 6.52. The maximum atomic E-state index is 4.96. The molecule has 4 heteroatoms. The molecule has 2 unspecified atom stereocenters. The van der Waals surface area contributed by atoms with E-state index in [0.717, 1.165) is 5.17 Å². The normalized spacial score (nSPS) is 21.7. The second-order valence-electron chi connectivity index (χ2n) is 6.83. The molecule has 2 atom stereocenters. The third kappa shape index (κ3) is 4.01. The van der Waals surface area contributed by atoms with Crippen molar-refractivity contribution in [3.8, 4) is 0 Å². The number of hydrogen-bond acceptors (Lipinski definition) is 4. The summed E-state index contributed by atoms with van der Waals surface area (Å²) in [4.78, 5) is 6.36. The van der Waals surface area contributed by atoms with Gasteiger partial charge in [0.2, 0.25) is 0 Å². The van der Waals surface area contributed by atoms with Crippen molar-refractivity contribution in [2.45, 2.75) is 53.1 Å². The molecule has 112 valence electrons. The number of aliphatic imine (C=N–C) groups is 1. The van der Waals surface area contributed by atoms with E-state index in [9.17, 15) is 0 Å². The number of rotatable bonds is 3. The zero-order valence-corrected chi connectivity index (χ0v) is 14.8. The van der Waals surface area contributed by atoms with Gasteiger partial charge in [-0.3, -0.25) is 4.99 Å². The Balaban J connectivity index is 2.12. The molecule has 2 heterocycles. The molecular weight excluding hydrogens is 284 g/mol. The monoisotopic (exact) mass is 310 g/mol. The van der Waals surface area contributed by atoms with E-state index in [2.05, 4.69) is 57.4 Å². The molecule has 2 rings (SSSR count). The van der Waals surface area contributed by atoms with E-state index in [0.29, 0.717) is 18.0 Å². The third-order valence-electron chi connectivity index (χ3n) is 3.70. The number of thioether (sulfide) groups is 1. The van der Waals surface area contributed by atoms with E-state index >= 15 is 0 Å². The van der Waals surface area contributed by atoms with Crippen molar-refractivity contribution >= 4 is 28.3 Å². The van der Waals surface area contributed by atoms with Crippen LogP contribution in [0.4, 0.5) is 0 Å². The molecule has 0 radical (unpaired) electrons. The highest BCUT2D eigenvalue weighted by Crippen LogP contribution is 2.32. The number of nitrogens with one attached hydrogen (secondary N) is 1. The smallest absolute Gasteiger partial charge is 0.157 e. The van der Waals surface area contributed by atoms with Crippen molar-refractivity contribution in [2.75, 3.05) is 5.75 Å². The van der Waals surface area contributed by atoms with Crippen molar-refractivity contribution in [1.29, 1.82) is 0 Å². The second-order valence-corrected chi connectivity index (χ2v) is 8.90. The van der Waals surface area contributed by atoms with Gasteiger partial charge in [0.1, 0.15) is 0 Å². The summed E-state index contributed by atoms with van der Waals surface area (Å²) in [6, 6.07) is 5.16. The van der Waals surface area contributed by atoms with E-state index < -0.39 is 0 Å². The minimum Gasteiger partial charge on any atom is -0.357 e. The molecular formula is C16H26N2S2. The standard InChI is InChI=1S/C16H26N2S2/c1-11(2)14(12-7-6-9-19-12)18-15-17-13(8-10-20-15)16(3,4)5/h6-7,9,11,13-14H,8,10H2,1-5H3,(H,17,18). The van der Waals surface area contributed by atoms with Crippen LogP contribution in [-0.2, 0) is 0 Å². The lowest BCUT2D eigenvalue weighted by Crippen LogP contribution is -2.36. The van der Waals surface area contributed by atoms with Gasteiger partial charge < -0.3 is 5.32 Å². The van der Waals surface area contributed by atoms with Gasteiger partial charge in [-0.2, -0.15) is 0 Å². The maximum absolute atomic E-state index is 4.96. The summed E-state index contributed by atoms with van der Waals surface area (Å²) >= 11 is 3.70. The van der Waals surface area contributed by atoms with Crippen LogP contribution in [0.25, 0.3) is 0 Å². The highest BCUT2D eigenvalue weighted by atomic mass is 32.2. The molecule has 20 heavy (non-hydrogen) atoms. The largest absolute Gasteiger partial charge is 0.357 e. The summed E-state index contributed by atoms with van der Waals surface area (Å²) in [6.45, 7) is 11.4. The van der Waals surface area contributed by atoms with Gasteiger partial charge >= 0.3 is 0 Å². The van der Waals surface area contributed by atoms with Gasteiger partial charge in [0.25, 0.3) is 0 Å². The van der Waals surface area contributed by atoms with Crippen LogP contribution in [0.3, 0.4) is 0 Å². The molecule has 0 saturated heterocycles. The predicted octanol–water partition coefficient (Wildman–Crippen LogP) is 4.94. The summed E-state index contributed by atoms with van der Waals surface area (Å²) in [7, 11) is 0. The van der Waals surface area contributed by atoms with Crippen LogP contribution in [0.15, 0.2) is 22.5 Å². The average molecular weight is 311 g/mol. The Morgan fingerprint density at radius 3 is 2.65 bits per heavy atom. The van der Waals surface area contributed by atoms with Crippen molar-refractivity contribution in [3.63, 3.8) is 0 Å². The third-order valence-corrected chi connectivity index (χ3v) is 5.59. The fourth-order valence-electron chi connectivity index (χ4n) is 2.38. The summed E-state index contributed by atoms with van der Waals surface area (Å²) in [5.41, 5.74) is 0.254. The van der Waals surface area contributed by atoms with Gasteiger partial charge in [0.15, 0.2) is 5.17 Å². The first kappa shape index (κ1) is 15.9. The summed E-state index contributed by atoms with van der Waals surface area (Å²) in [5, 5.41) is 6.96. The molecule has 0 aliphatic carbocycles. The highest BCUT2D eigenvalue weighted by Gasteiger charge is 2.28. The van der Waals surface area contributed by atoms with Crippen LogP contribution in [0.1, 0.15) is 52.0 Å². The SMILES string of the molecule is CC(C)C(NC1=NC(C(C)(C)C)CCS1)c1cccs1. The van der Waals surface area contributed by atoms with E-state index in [1.807, 2.05) is 23.1 Å². The minimum atomic E-state index is 0.254. The first-order valence-electron chi connectivity index (χ1n) is 7.38. The van der Waals surface area contributed by atoms with Gasteiger partial charge in [0, 0.05) is 10.6 Å². The fourth-order valence-corrected chi connectivity index (χ4v) is 4.28. The van der Waals surface area contributed by atoms with Crippen molar-refractivity contribution in [3.05, 3.63) is 22.4 Å². The van der Waals surface area contributed by atoms with Crippen molar-refractivity contribution < 1.29 is 0 Å². The van der Waals surface area contributed by atoms with Gasteiger partial charge in [-0.15, -0.1) is 11.3 Å². The molecule has 0 bridgehead atoms. The Hall–Kier alpha value is -0.480. The Morgan fingerprint density at radius 2 is 2.10 bits per heavy atom. The lowest BCUT2D eigenvalue weighted by atomic mass is 9.85. The fraction of sp³-hybridized carbons (Fsp3) is 0.688. The molecule has 1 aromatic rings. The van der Waals surface area contributed by atoms with Gasteiger partial charge in [-0.25, -0.2) is 0 Å². The molecule has 0 saturated carbocycles. The van der Waals surface area contributed by atoms with Crippen molar-refractivity contribution in [1.82, 2.24) is 5.32 Å². The van der Waals surface area contributed by atoms with Crippen LogP contribution >= 0.6 is 23.1 Å². The lowest BCUT2D eigenvalue weighted by molar-refractivity contribution is 0.314. The van der Waals surface area contributed by atoms with E-state index in [1.165, 1.54) is 17.1 Å². The molecule has 1 aliphatic rings. The quantitative estimate of drug-likeness (QED) is 0.855. The summed E-state index contributed by atoms with van der Waals surface area (Å²) in [6.07, 6.45) is 1.19. The van der Waals surface area contributed by atoms with Crippen LogP contribution in [0.2, 0.25) is 0 Å². The predicted molar refractivity (Wildman–Crippen MR) is 92.8 cm³/mol. The van der Waals surface area contributed by atoms with Crippen LogP contribution in [0.5, 0.6) is 0 Å². The van der Waals surface area contributed by atoms with Gasteiger partial charge in [-0.05, 0) is 29.2 Å². The van der Waals surface area contributed by atoms with Crippen molar-refractivity contribution in [2.24, 2.45) is 16.3 Å². The number of thiophene rings is 1. The topological polar surface area (TPSA) is 24.4 Å². The zero-order chi connectivity index (χ0) is 14.8. The number of nitrogens with zero attached hydrogens (tertiary/aromatic N) is 1. The molecule has 0 amide bonds. The minimum absolute atomic E-state index is 0.254. The number of amidine groups is 1. The van der Waals surface area contributed by atoms with Crippen LogP contribution in [0, 0.1) is 11.3 Å².